The second-order valence-corrected chi connectivity index (χ2v) is 12.4. The number of hydrogen-bond acceptors (Lipinski definition) is 4. The van der Waals surface area contributed by atoms with Crippen LogP contribution in [0.15, 0.2) is 253 Å². The molecular weight excluding hydrogens is 860 g/mol. The number of aromatic nitrogens is 4. The molecule has 6 nitrogen and oxygen atoms in total. The Morgan fingerprint density at radius 3 is 0.814 bits per heavy atom. The third-order valence-electron chi connectivity index (χ3n) is 8.46. The fourth-order valence-corrected chi connectivity index (χ4v) is 5.75. The van der Waals surface area contributed by atoms with Gasteiger partial charge in [0, 0.05) is 47.6 Å². The largest absolute Gasteiger partial charge is 2.00 e. The van der Waals surface area contributed by atoms with Gasteiger partial charge in [-0.2, -0.15) is 36.4 Å². The van der Waals surface area contributed by atoms with Gasteiger partial charge in [-0.15, -0.1) is 22.8 Å². The van der Waals surface area contributed by atoms with E-state index >= 15 is 0 Å². The summed E-state index contributed by atoms with van der Waals surface area (Å²) >= 11 is 0. The average molecular weight is 898 g/mol. The molecule has 4 aliphatic rings. The van der Waals surface area contributed by atoms with E-state index in [1.54, 1.807) is 24.8 Å². The number of pyridine rings is 4. The maximum absolute atomic E-state index is 4.76. The van der Waals surface area contributed by atoms with Gasteiger partial charge in [-0.05, 0) is 70.8 Å². The smallest absolute Gasteiger partial charge is 0.654 e. The molecule has 2 aliphatic heterocycles. The molecule has 1 radical (unpaired) electrons. The number of hydrogen-bond donors (Lipinski definition) is 0. The average Bonchev–Trinajstić information content (AvgIpc) is 4.15. The third kappa shape index (κ3) is 13.5. The molecule has 4 aromatic heterocycles. The second-order valence-electron chi connectivity index (χ2n) is 12.4. The van der Waals surface area contributed by atoms with Crippen LogP contribution in [0.2, 0.25) is 0 Å². The van der Waals surface area contributed by atoms with Crippen molar-refractivity contribution in [3.05, 3.63) is 287 Å². The van der Waals surface area contributed by atoms with E-state index in [-0.39, 0.29) is 51.2 Å². The predicted octanol–water partition coefficient (Wildman–Crippen LogP) is 12.1. The first-order chi connectivity index (χ1) is 27.8. The zero-order valence-corrected chi connectivity index (χ0v) is 34.8. The quantitative estimate of drug-likeness (QED) is 0.130. The summed E-state index contributed by atoms with van der Waals surface area (Å²) in [7, 11) is 0. The van der Waals surface area contributed by atoms with Gasteiger partial charge in [0.15, 0.2) is 0 Å². The van der Waals surface area contributed by atoms with Gasteiger partial charge in [-0.25, -0.2) is 24.3 Å². The molecule has 0 N–H and O–H groups in total. The molecule has 0 saturated heterocycles. The summed E-state index contributed by atoms with van der Waals surface area (Å²) in [5.74, 6) is 0. The van der Waals surface area contributed by atoms with Crippen molar-refractivity contribution in [2.24, 2.45) is 0 Å². The van der Waals surface area contributed by atoms with Gasteiger partial charge in [0.05, 0.1) is 0 Å². The van der Waals surface area contributed by atoms with Gasteiger partial charge in [0.25, 0.3) is 0 Å². The second kappa shape index (κ2) is 24.6. The van der Waals surface area contributed by atoms with Gasteiger partial charge < -0.3 is 10.6 Å². The molecule has 0 spiro atoms. The fourth-order valence-electron chi connectivity index (χ4n) is 5.75. The molecule has 0 atom stereocenters. The van der Waals surface area contributed by atoms with Crippen molar-refractivity contribution in [3.8, 4) is 0 Å². The Kier molecular flexibility index (Phi) is 19.0. The summed E-state index contributed by atoms with van der Waals surface area (Å²) in [5.41, 5.74) is 11.4. The van der Waals surface area contributed by atoms with Crippen LogP contribution >= 0.6 is 0 Å². The first-order valence-corrected chi connectivity index (χ1v) is 18.3. The Morgan fingerprint density at radius 2 is 0.610 bits per heavy atom. The minimum atomic E-state index is 0. The van der Waals surface area contributed by atoms with Crippen LogP contribution in [0.1, 0.15) is 22.8 Å². The predicted molar refractivity (Wildman–Crippen MR) is 230 cm³/mol. The van der Waals surface area contributed by atoms with Crippen molar-refractivity contribution in [1.82, 2.24) is 19.9 Å². The zero-order valence-electron chi connectivity index (χ0n) is 31.6. The number of allylic oxidation sites excluding steroid dienone is 16. The molecule has 59 heavy (non-hydrogen) atoms. The Hall–Kier alpha value is -6.14. The monoisotopic (exact) mass is 897 g/mol. The summed E-state index contributed by atoms with van der Waals surface area (Å²) < 4.78 is 0. The molecule has 0 fully saturated rings. The normalized spacial score (nSPS) is 14.0. The van der Waals surface area contributed by atoms with Crippen molar-refractivity contribution in [1.29, 1.82) is 0 Å². The Balaban J connectivity index is 0.000000202. The standard InChI is InChI=1S/2C20H14N3.2C5H5.Cu.2Fe/c2*1-2-8-15(7-1)16-13-19(17-9-3-5-11-21-17)23-20(14-16)18-10-4-6-12-22-18;2*1-2-4-5-3-1;;;/h2*1-14H;2*1-5H;;;/q4*-1;3*+2. The van der Waals surface area contributed by atoms with Gasteiger partial charge in [-0.3, -0.25) is 19.9 Å². The van der Waals surface area contributed by atoms with Crippen LogP contribution in [-0.4, -0.2) is 19.9 Å². The van der Waals surface area contributed by atoms with E-state index in [0.29, 0.717) is 0 Å². The van der Waals surface area contributed by atoms with Gasteiger partial charge >= 0.3 is 51.2 Å². The molecule has 10 rings (SSSR count). The molecule has 2 aromatic carbocycles. The first-order valence-electron chi connectivity index (χ1n) is 18.3. The van der Waals surface area contributed by atoms with Crippen molar-refractivity contribution in [2.75, 3.05) is 0 Å². The van der Waals surface area contributed by atoms with Crippen LogP contribution in [0, 0.1) is 0 Å². The van der Waals surface area contributed by atoms with E-state index in [2.05, 4.69) is 68.5 Å². The van der Waals surface area contributed by atoms with E-state index in [9.17, 15) is 0 Å². The molecule has 6 heterocycles. The van der Waals surface area contributed by atoms with Gasteiger partial charge in [0.2, 0.25) is 0 Å². The van der Waals surface area contributed by atoms with E-state index in [1.165, 1.54) is 11.1 Å². The van der Waals surface area contributed by atoms with Crippen molar-refractivity contribution < 1.29 is 51.2 Å². The fraction of sp³-hybridized carbons (Fsp3) is 0. The summed E-state index contributed by atoms with van der Waals surface area (Å²) in [6, 6.07) is 43.4. The van der Waals surface area contributed by atoms with E-state index in [0.717, 1.165) is 56.7 Å². The van der Waals surface area contributed by atoms with Crippen LogP contribution in [0.3, 0.4) is 0 Å². The van der Waals surface area contributed by atoms with Crippen LogP contribution in [-0.2, 0) is 51.2 Å². The maximum atomic E-state index is 4.76. The molecule has 0 amide bonds. The molecule has 293 valence electrons. The summed E-state index contributed by atoms with van der Waals surface area (Å²) in [5, 5.41) is 9.52. The molecule has 0 bridgehead atoms. The molecule has 6 aromatic rings. The zero-order chi connectivity index (χ0) is 38.0. The van der Waals surface area contributed by atoms with Crippen molar-refractivity contribution >= 4 is 22.8 Å². The van der Waals surface area contributed by atoms with Crippen molar-refractivity contribution in [3.63, 3.8) is 0 Å². The summed E-state index contributed by atoms with van der Waals surface area (Å²) in [4.78, 5) is 17.7. The Bertz CT molecular complexity index is 2120. The Morgan fingerprint density at radius 1 is 0.339 bits per heavy atom. The molecule has 0 saturated carbocycles. The maximum Gasteiger partial charge on any atom is 2.00 e. The first kappa shape index (κ1) is 45.6. The summed E-state index contributed by atoms with van der Waals surface area (Å²) in [6.45, 7) is 0. The van der Waals surface area contributed by atoms with Crippen LogP contribution in [0.4, 0.5) is 0 Å². The minimum Gasteiger partial charge on any atom is -0.654 e. The van der Waals surface area contributed by atoms with Crippen LogP contribution in [0.5, 0.6) is 0 Å². The van der Waals surface area contributed by atoms with Crippen molar-refractivity contribution in [2.45, 2.75) is 0 Å². The SMILES string of the molecule is C1=CC(=C2C=C(c3ccccn3)[N-]C(c3ccccn3)=C2)C=C1.C1=CC(=C2C=C(c3ccccn3)[N-]C(c3ccccn3)=C2)C=C1.[Cu+2].[Fe+2].[Fe+2].c1cc[cH-]c1.c1cc[cH-]c1. The van der Waals surface area contributed by atoms with Crippen LogP contribution in [0.25, 0.3) is 33.4 Å². The Labute approximate surface area is 378 Å². The topological polar surface area (TPSA) is 79.8 Å². The van der Waals surface area contributed by atoms with E-state index in [4.69, 9.17) is 10.6 Å². The molecule has 0 unspecified atom stereocenters. The number of nitrogens with zero attached hydrogens (tertiary/aromatic N) is 6. The minimum absolute atomic E-state index is 0. The molecular formula is C50H38CuFe2N6+2. The van der Waals surface area contributed by atoms with E-state index < -0.39 is 0 Å². The van der Waals surface area contributed by atoms with Gasteiger partial charge in [0.1, 0.15) is 0 Å². The molecule has 2 aliphatic carbocycles. The van der Waals surface area contributed by atoms with E-state index in [1.807, 2.05) is 158 Å². The molecule has 9 heteroatoms. The van der Waals surface area contributed by atoms with Crippen LogP contribution < -0.4 is 0 Å². The number of rotatable bonds is 4. The summed E-state index contributed by atoms with van der Waals surface area (Å²) in [6.07, 6.45) is 32.0. The third-order valence-corrected chi connectivity index (χ3v) is 8.46. The van der Waals surface area contributed by atoms with Gasteiger partial charge in [-0.1, -0.05) is 97.2 Å².